The molecule has 92 valence electrons. The SMILES string of the molecule is CC1(C)C2CNCC2CN1Cc1ccccn1. The second-order valence-electron chi connectivity index (χ2n) is 5.88. The summed E-state index contributed by atoms with van der Waals surface area (Å²) >= 11 is 0. The van der Waals surface area contributed by atoms with Crippen LogP contribution in [0.2, 0.25) is 0 Å². The van der Waals surface area contributed by atoms with Crippen LogP contribution < -0.4 is 5.32 Å². The lowest BCUT2D eigenvalue weighted by atomic mass is 9.85. The number of nitrogens with one attached hydrogen (secondary N) is 1. The minimum absolute atomic E-state index is 0.297. The predicted molar refractivity (Wildman–Crippen MR) is 68.6 cm³/mol. The highest BCUT2D eigenvalue weighted by molar-refractivity contribution is 5.09. The van der Waals surface area contributed by atoms with Gasteiger partial charge in [-0.2, -0.15) is 0 Å². The molecule has 2 aliphatic heterocycles. The zero-order chi connectivity index (χ0) is 11.9. The topological polar surface area (TPSA) is 28.2 Å². The summed E-state index contributed by atoms with van der Waals surface area (Å²) in [6.45, 7) is 9.33. The zero-order valence-corrected chi connectivity index (χ0v) is 10.7. The van der Waals surface area contributed by atoms with E-state index >= 15 is 0 Å². The molecular weight excluding hydrogens is 210 g/mol. The van der Waals surface area contributed by atoms with Crippen molar-refractivity contribution in [1.82, 2.24) is 15.2 Å². The Hall–Kier alpha value is -0.930. The lowest BCUT2D eigenvalue weighted by molar-refractivity contribution is 0.130. The Morgan fingerprint density at radius 3 is 3.00 bits per heavy atom. The summed E-state index contributed by atoms with van der Waals surface area (Å²) in [4.78, 5) is 7.05. The quantitative estimate of drug-likeness (QED) is 0.836. The van der Waals surface area contributed by atoms with E-state index < -0.39 is 0 Å². The molecule has 17 heavy (non-hydrogen) atoms. The molecule has 0 bridgehead atoms. The average molecular weight is 231 g/mol. The first-order chi connectivity index (χ1) is 8.18. The number of hydrogen-bond donors (Lipinski definition) is 1. The largest absolute Gasteiger partial charge is 0.316 e. The van der Waals surface area contributed by atoms with Crippen molar-refractivity contribution in [2.24, 2.45) is 11.8 Å². The maximum absolute atomic E-state index is 4.44. The Morgan fingerprint density at radius 2 is 2.29 bits per heavy atom. The standard InChI is InChI=1S/C14H21N3/c1-14(2)13-8-15-7-11(13)9-17(14)10-12-5-3-4-6-16-12/h3-6,11,13,15H,7-10H2,1-2H3. The zero-order valence-electron chi connectivity index (χ0n) is 10.7. The van der Waals surface area contributed by atoms with Crippen LogP contribution in [0.15, 0.2) is 24.4 Å². The molecule has 2 aliphatic rings. The van der Waals surface area contributed by atoms with Gasteiger partial charge in [0.05, 0.1) is 5.69 Å². The molecule has 3 heteroatoms. The molecule has 3 rings (SSSR count). The van der Waals surface area contributed by atoms with Crippen LogP contribution in [0.3, 0.4) is 0 Å². The van der Waals surface area contributed by atoms with Gasteiger partial charge < -0.3 is 5.32 Å². The van der Waals surface area contributed by atoms with E-state index in [0.717, 1.165) is 18.4 Å². The minimum Gasteiger partial charge on any atom is -0.316 e. The van der Waals surface area contributed by atoms with Crippen molar-refractivity contribution < 1.29 is 0 Å². The molecule has 0 aliphatic carbocycles. The maximum atomic E-state index is 4.44. The van der Waals surface area contributed by atoms with Crippen LogP contribution >= 0.6 is 0 Å². The van der Waals surface area contributed by atoms with E-state index in [2.05, 4.69) is 41.2 Å². The summed E-state index contributed by atoms with van der Waals surface area (Å²) in [7, 11) is 0. The third-order valence-corrected chi connectivity index (χ3v) is 4.60. The van der Waals surface area contributed by atoms with Gasteiger partial charge >= 0.3 is 0 Å². The van der Waals surface area contributed by atoms with E-state index in [1.807, 2.05) is 12.3 Å². The smallest absolute Gasteiger partial charge is 0.0544 e. The van der Waals surface area contributed by atoms with E-state index in [4.69, 9.17) is 0 Å². The number of pyridine rings is 1. The van der Waals surface area contributed by atoms with Gasteiger partial charge in [-0.3, -0.25) is 9.88 Å². The first kappa shape index (κ1) is 11.2. The predicted octanol–water partition coefficient (Wildman–Crippen LogP) is 1.51. The fraction of sp³-hybridized carbons (Fsp3) is 0.643. The monoisotopic (exact) mass is 231 g/mol. The first-order valence-corrected chi connectivity index (χ1v) is 6.53. The highest BCUT2D eigenvalue weighted by Crippen LogP contribution is 2.41. The molecular formula is C14H21N3. The Balaban J connectivity index is 1.77. The Morgan fingerprint density at radius 1 is 1.41 bits per heavy atom. The third-order valence-electron chi connectivity index (χ3n) is 4.60. The summed E-state index contributed by atoms with van der Waals surface area (Å²) in [5.74, 6) is 1.62. The van der Waals surface area contributed by atoms with Crippen LogP contribution in [0.4, 0.5) is 0 Å². The Kier molecular flexibility index (Phi) is 2.68. The van der Waals surface area contributed by atoms with E-state index in [1.54, 1.807) is 0 Å². The molecule has 2 saturated heterocycles. The minimum atomic E-state index is 0.297. The van der Waals surface area contributed by atoms with Crippen molar-refractivity contribution in [2.75, 3.05) is 19.6 Å². The molecule has 1 N–H and O–H groups in total. The van der Waals surface area contributed by atoms with Crippen LogP contribution in [0.1, 0.15) is 19.5 Å². The van der Waals surface area contributed by atoms with Gasteiger partial charge in [-0.25, -0.2) is 0 Å². The summed E-state index contributed by atoms with van der Waals surface area (Å²) in [6, 6.07) is 6.19. The second-order valence-corrected chi connectivity index (χ2v) is 5.88. The molecule has 2 fully saturated rings. The summed E-state index contributed by atoms with van der Waals surface area (Å²) in [5.41, 5.74) is 1.49. The number of aromatic nitrogens is 1. The summed E-state index contributed by atoms with van der Waals surface area (Å²) in [6.07, 6.45) is 1.89. The molecule has 0 radical (unpaired) electrons. The normalized spacial score (nSPS) is 31.6. The lowest BCUT2D eigenvalue weighted by Gasteiger charge is -2.35. The van der Waals surface area contributed by atoms with Crippen molar-refractivity contribution in [2.45, 2.75) is 25.9 Å². The first-order valence-electron chi connectivity index (χ1n) is 6.53. The van der Waals surface area contributed by atoms with Gasteiger partial charge in [-0.1, -0.05) is 6.07 Å². The fourth-order valence-electron chi connectivity index (χ4n) is 3.46. The van der Waals surface area contributed by atoms with E-state index in [0.29, 0.717) is 5.54 Å². The van der Waals surface area contributed by atoms with Gasteiger partial charge in [-0.05, 0) is 44.4 Å². The Labute approximate surface area is 103 Å². The molecule has 3 heterocycles. The molecule has 3 nitrogen and oxygen atoms in total. The van der Waals surface area contributed by atoms with Crippen LogP contribution in [-0.4, -0.2) is 35.1 Å². The van der Waals surface area contributed by atoms with Gasteiger partial charge in [0.25, 0.3) is 0 Å². The molecule has 2 atom stereocenters. The number of hydrogen-bond acceptors (Lipinski definition) is 3. The molecule has 0 spiro atoms. The summed E-state index contributed by atoms with van der Waals surface area (Å²) < 4.78 is 0. The number of nitrogens with zero attached hydrogens (tertiary/aromatic N) is 2. The van der Waals surface area contributed by atoms with E-state index in [1.165, 1.54) is 25.3 Å². The molecule has 0 saturated carbocycles. The molecule has 2 unspecified atom stereocenters. The molecule has 1 aromatic rings. The van der Waals surface area contributed by atoms with Crippen molar-refractivity contribution >= 4 is 0 Å². The molecule has 0 amide bonds. The van der Waals surface area contributed by atoms with Crippen LogP contribution in [0, 0.1) is 11.8 Å². The fourth-order valence-corrected chi connectivity index (χ4v) is 3.46. The molecule has 1 aromatic heterocycles. The van der Waals surface area contributed by atoms with Gasteiger partial charge in [0.1, 0.15) is 0 Å². The van der Waals surface area contributed by atoms with E-state index in [-0.39, 0.29) is 0 Å². The summed E-state index contributed by atoms with van der Waals surface area (Å²) in [5, 5.41) is 3.52. The number of rotatable bonds is 2. The maximum Gasteiger partial charge on any atom is 0.0544 e. The van der Waals surface area contributed by atoms with Gasteiger partial charge in [0.15, 0.2) is 0 Å². The number of fused-ring (bicyclic) bond motifs is 1. The van der Waals surface area contributed by atoms with Crippen molar-refractivity contribution in [3.05, 3.63) is 30.1 Å². The lowest BCUT2D eigenvalue weighted by Crippen LogP contribution is -2.44. The average Bonchev–Trinajstić information content (AvgIpc) is 2.85. The Bertz CT molecular complexity index is 388. The van der Waals surface area contributed by atoms with Gasteiger partial charge in [0, 0.05) is 31.4 Å². The van der Waals surface area contributed by atoms with Gasteiger partial charge in [0.2, 0.25) is 0 Å². The van der Waals surface area contributed by atoms with E-state index in [9.17, 15) is 0 Å². The number of likely N-dealkylation sites (tertiary alicyclic amines) is 1. The highest BCUT2D eigenvalue weighted by atomic mass is 15.3. The van der Waals surface area contributed by atoms with Gasteiger partial charge in [-0.15, -0.1) is 0 Å². The highest BCUT2D eigenvalue weighted by Gasteiger charge is 2.49. The van der Waals surface area contributed by atoms with Crippen molar-refractivity contribution in [3.63, 3.8) is 0 Å². The second kappa shape index (κ2) is 4.07. The van der Waals surface area contributed by atoms with Crippen molar-refractivity contribution in [1.29, 1.82) is 0 Å². The van der Waals surface area contributed by atoms with Crippen LogP contribution in [0.25, 0.3) is 0 Å². The van der Waals surface area contributed by atoms with Crippen LogP contribution in [0.5, 0.6) is 0 Å². The molecule has 0 aromatic carbocycles. The third kappa shape index (κ3) is 1.87. The van der Waals surface area contributed by atoms with Crippen molar-refractivity contribution in [3.8, 4) is 0 Å². The van der Waals surface area contributed by atoms with Crippen LogP contribution in [-0.2, 0) is 6.54 Å².